The summed E-state index contributed by atoms with van der Waals surface area (Å²) in [6.45, 7) is 2.98. The van der Waals surface area contributed by atoms with Crippen molar-refractivity contribution >= 4 is 30.7 Å². The van der Waals surface area contributed by atoms with Crippen molar-refractivity contribution in [3.63, 3.8) is 0 Å². The van der Waals surface area contributed by atoms with E-state index in [1.54, 1.807) is 19.6 Å². The first-order chi connectivity index (χ1) is 7.83. The fraction of sp³-hybridized carbons (Fsp3) is 0.600. The number of nitrogens with zero attached hydrogens (tertiary/aromatic N) is 2. The van der Waals surface area contributed by atoms with Gasteiger partial charge in [-0.15, -0.1) is 24.8 Å². The van der Waals surface area contributed by atoms with Crippen LogP contribution < -0.4 is 10.6 Å². The number of methoxy groups -OCH3 is 1. The molecule has 0 aliphatic carbocycles. The highest BCUT2D eigenvalue weighted by atomic mass is 35.5. The van der Waals surface area contributed by atoms with Gasteiger partial charge in [-0.25, -0.2) is 4.98 Å². The highest BCUT2D eigenvalue weighted by Gasteiger charge is 1.99. The molecule has 0 bridgehead atoms. The molecule has 1 heterocycles. The normalized spacial score (nSPS) is 9.17. The van der Waals surface area contributed by atoms with E-state index in [-0.39, 0.29) is 30.7 Å². The van der Waals surface area contributed by atoms with Gasteiger partial charge in [-0.1, -0.05) is 0 Å². The van der Waals surface area contributed by atoms with Crippen molar-refractivity contribution in [2.45, 2.75) is 6.54 Å². The lowest BCUT2D eigenvalue weighted by Gasteiger charge is -2.06. The number of amides is 1. The molecule has 1 aromatic rings. The third-order valence-corrected chi connectivity index (χ3v) is 2.02. The van der Waals surface area contributed by atoms with Gasteiger partial charge in [-0.05, 0) is 0 Å². The van der Waals surface area contributed by atoms with Crippen LogP contribution >= 0.6 is 24.8 Å². The second-order valence-corrected chi connectivity index (χ2v) is 3.32. The first kappa shape index (κ1) is 19.5. The van der Waals surface area contributed by atoms with Crippen LogP contribution in [0.25, 0.3) is 0 Å². The van der Waals surface area contributed by atoms with Crippen molar-refractivity contribution in [3.8, 4) is 0 Å². The molecule has 1 rings (SSSR count). The van der Waals surface area contributed by atoms with E-state index in [0.29, 0.717) is 26.2 Å². The summed E-state index contributed by atoms with van der Waals surface area (Å²) in [7, 11) is 1.63. The highest BCUT2D eigenvalue weighted by molar-refractivity contribution is 5.85. The quantitative estimate of drug-likeness (QED) is 0.667. The van der Waals surface area contributed by atoms with E-state index in [1.165, 1.54) is 0 Å². The standard InChI is InChI=1S/C10H18N4O2.2ClH/c1-16-7-4-11-8-10(15)13-3-6-14-5-2-12-9-14;;/h2,5,9,11H,3-4,6-8H2,1H3,(H,13,15);2*1H. The van der Waals surface area contributed by atoms with Gasteiger partial charge in [0.15, 0.2) is 0 Å². The summed E-state index contributed by atoms with van der Waals surface area (Å²) in [6, 6.07) is 0. The number of aromatic nitrogens is 2. The van der Waals surface area contributed by atoms with Crippen molar-refractivity contribution < 1.29 is 9.53 Å². The lowest BCUT2D eigenvalue weighted by molar-refractivity contribution is -0.120. The number of hydrogen-bond acceptors (Lipinski definition) is 4. The number of rotatable bonds is 8. The molecular formula is C10H20Cl2N4O2. The Hall–Kier alpha value is -0.820. The monoisotopic (exact) mass is 298 g/mol. The number of halogens is 2. The summed E-state index contributed by atoms with van der Waals surface area (Å²) in [5.74, 6) is -0.00350. The lowest BCUT2D eigenvalue weighted by Crippen LogP contribution is -2.36. The molecule has 1 aromatic heterocycles. The van der Waals surface area contributed by atoms with Crippen LogP contribution in [0.15, 0.2) is 18.7 Å². The van der Waals surface area contributed by atoms with Crippen LogP contribution in [0.1, 0.15) is 0 Å². The molecule has 0 radical (unpaired) electrons. The van der Waals surface area contributed by atoms with Crippen LogP contribution in [-0.4, -0.2) is 48.8 Å². The van der Waals surface area contributed by atoms with E-state index < -0.39 is 0 Å². The third kappa shape index (κ3) is 9.23. The van der Waals surface area contributed by atoms with Crippen LogP contribution in [0, 0.1) is 0 Å². The summed E-state index contributed by atoms with van der Waals surface area (Å²) in [6.07, 6.45) is 5.31. The molecule has 6 nitrogen and oxygen atoms in total. The summed E-state index contributed by atoms with van der Waals surface area (Å²) in [5, 5.41) is 5.78. The molecule has 0 aliphatic rings. The molecule has 0 atom stereocenters. The summed E-state index contributed by atoms with van der Waals surface area (Å²) >= 11 is 0. The van der Waals surface area contributed by atoms with Gasteiger partial charge in [0, 0.05) is 39.1 Å². The van der Waals surface area contributed by atoms with Gasteiger partial charge in [0.1, 0.15) is 0 Å². The van der Waals surface area contributed by atoms with Crippen molar-refractivity contribution in [2.75, 3.05) is 33.4 Å². The molecule has 8 heteroatoms. The number of ether oxygens (including phenoxy) is 1. The average Bonchev–Trinajstić information content (AvgIpc) is 2.77. The molecule has 0 unspecified atom stereocenters. The van der Waals surface area contributed by atoms with E-state index in [1.807, 2.05) is 10.8 Å². The highest BCUT2D eigenvalue weighted by Crippen LogP contribution is 1.83. The van der Waals surface area contributed by atoms with E-state index in [0.717, 1.165) is 6.54 Å². The van der Waals surface area contributed by atoms with E-state index >= 15 is 0 Å². The smallest absolute Gasteiger partial charge is 0.234 e. The van der Waals surface area contributed by atoms with Gasteiger partial charge in [0.2, 0.25) is 5.91 Å². The van der Waals surface area contributed by atoms with Gasteiger partial charge < -0.3 is 19.9 Å². The number of carbonyl (C=O) groups is 1. The van der Waals surface area contributed by atoms with Gasteiger partial charge in [0.25, 0.3) is 0 Å². The number of imidazole rings is 1. The zero-order valence-corrected chi connectivity index (χ0v) is 11.9. The van der Waals surface area contributed by atoms with E-state index in [4.69, 9.17) is 4.74 Å². The molecule has 18 heavy (non-hydrogen) atoms. The van der Waals surface area contributed by atoms with E-state index in [9.17, 15) is 4.79 Å². The second-order valence-electron chi connectivity index (χ2n) is 3.32. The van der Waals surface area contributed by atoms with Gasteiger partial charge in [-0.3, -0.25) is 4.79 Å². The molecule has 1 amide bonds. The van der Waals surface area contributed by atoms with Crippen LogP contribution in [-0.2, 0) is 16.1 Å². The summed E-state index contributed by atoms with van der Waals surface area (Å²) in [4.78, 5) is 15.2. The largest absolute Gasteiger partial charge is 0.383 e. The predicted octanol–water partition coefficient (Wildman–Crippen LogP) is 0.0789. The van der Waals surface area contributed by atoms with Crippen molar-refractivity contribution in [3.05, 3.63) is 18.7 Å². The maximum absolute atomic E-state index is 11.3. The maximum atomic E-state index is 11.3. The average molecular weight is 299 g/mol. The molecule has 2 N–H and O–H groups in total. The Morgan fingerprint density at radius 2 is 2.17 bits per heavy atom. The Morgan fingerprint density at radius 3 is 2.78 bits per heavy atom. The minimum atomic E-state index is -0.00350. The van der Waals surface area contributed by atoms with E-state index in [2.05, 4.69) is 15.6 Å². The molecule has 0 aromatic carbocycles. The van der Waals surface area contributed by atoms with Crippen molar-refractivity contribution in [1.82, 2.24) is 20.2 Å². The third-order valence-electron chi connectivity index (χ3n) is 2.02. The van der Waals surface area contributed by atoms with Crippen LogP contribution in [0.3, 0.4) is 0 Å². The number of hydrogen-bond donors (Lipinski definition) is 2. The molecule has 0 aliphatic heterocycles. The van der Waals surface area contributed by atoms with Gasteiger partial charge in [0.05, 0.1) is 19.5 Å². The zero-order valence-electron chi connectivity index (χ0n) is 10.3. The summed E-state index contributed by atoms with van der Waals surface area (Å²) in [5.41, 5.74) is 0. The van der Waals surface area contributed by atoms with Gasteiger partial charge in [-0.2, -0.15) is 0 Å². The van der Waals surface area contributed by atoms with Crippen LogP contribution in [0.2, 0.25) is 0 Å². The minimum Gasteiger partial charge on any atom is -0.383 e. The summed E-state index contributed by atoms with van der Waals surface area (Å²) < 4.78 is 6.76. The number of nitrogens with one attached hydrogen (secondary N) is 2. The first-order valence-corrected chi connectivity index (χ1v) is 5.25. The minimum absolute atomic E-state index is 0. The Labute approximate surface area is 119 Å². The second kappa shape index (κ2) is 12.6. The van der Waals surface area contributed by atoms with Crippen molar-refractivity contribution in [1.29, 1.82) is 0 Å². The zero-order chi connectivity index (χ0) is 11.6. The lowest BCUT2D eigenvalue weighted by atomic mass is 10.5. The molecule has 0 fully saturated rings. The molecule has 0 saturated heterocycles. The topological polar surface area (TPSA) is 68.2 Å². The van der Waals surface area contributed by atoms with Crippen LogP contribution in [0.5, 0.6) is 0 Å². The fourth-order valence-electron chi connectivity index (χ4n) is 1.18. The Bertz CT molecular complexity index is 296. The van der Waals surface area contributed by atoms with Crippen LogP contribution in [0.4, 0.5) is 0 Å². The number of carbonyl (C=O) groups excluding carboxylic acids is 1. The fourth-order valence-corrected chi connectivity index (χ4v) is 1.18. The maximum Gasteiger partial charge on any atom is 0.234 e. The molecule has 106 valence electrons. The van der Waals surface area contributed by atoms with Crippen molar-refractivity contribution in [2.24, 2.45) is 0 Å². The Morgan fingerprint density at radius 1 is 1.39 bits per heavy atom. The molecule has 0 saturated carbocycles. The van der Waals surface area contributed by atoms with Gasteiger partial charge >= 0.3 is 0 Å². The molecular weight excluding hydrogens is 279 g/mol. The predicted molar refractivity (Wildman–Crippen MR) is 74.5 cm³/mol. The molecule has 0 spiro atoms. The first-order valence-electron chi connectivity index (χ1n) is 5.25. The SMILES string of the molecule is COCCNCC(=O)NCCn1ccnc1.Cl.Cl. The Balaban J connectivity index is 0. The Kier molecular flexibility index (Phi) is 13.7.